The van der Waals surface area contributed by atoms with Gasteiger partial charge in [0.2, 0.25) is 0 Å². The fraction of sp³-hybridized carbons (Fsp3) is 0.0714. The number of carbonyl (C=O) groups is 1. The van der Waals surface area contributed by atoms with E-state index in [4.69, 9.17) is 17.3 Å². The fourth-order valence-corrected chi connectivity index (χ4v) is 4.54. The van der Waals surface area contributed by atoms with Crippen molar-refractivity contribution in [2.24, 2.45) is 0 Å². The highest BCUT2D eigenvalue weighted by Gasteiger charge is 2.23. The number of aldehydes is 1. The summed E-state index contributed by atoms with van der Waals surface area (Å²) in [6.07, 6.45) is 0.653. The maximum Gasteiger partial charge on any atom is 0.185 e. The van der Waals surface area contributed by atoms with Crippen LogP contribution in [0.4, 0.5) is 0 Å². The van der Waals surface area contributed by atoms with Gasteiger partial charge in [0, 0.05) is 4.47 Å². The molecule has 2 aromatic rings. The monoisotopic (exact) mass is 628 g/mol. The predicted molar refractivity (Wildman–Crippen MR) is 109 cm³/mol. The molecule has 0 aliphatic rings. The summed E-state index contributed by atoms with van der Waals surface area (Å²) >= 11 is 17.2. The minimum Gasteiger partial charge on any atom is -0.492 e. The smallest absolute Gasteiger partial charge is 0.185 e. The number of methoxy groups -OCH3 is 1. The van der Waals surface area contributed by atoms with Gasteiger partial charge in [-0.15, -0.1) is 0 Å². The van der Waals surface area contributed by atoms with Crippen LogP contribution in [0.25, 0.3) is 0 Å². The molecule has 0 bridgehead atoms. The molecule has 3 nitrogen and oxygen atoms in total. The molecule has 23 heavy (non-hydrogen) atoms. The SMILES string of the molecule is [B]c1cc(Br)cc(Oc2c(Br)c(Br)c(Br)c(Br)c2OC)c1C=O. The van der Waals surface area contributed by atoms with E-state index in [-0.39, 0.29) is 5.56 Å². The lowest BCUT2D eigenvalue weighted by Gasteiger charge is -2.18. The predicted octanol–water partition coefficient (Wildman–Crippen LogP) is 5.91. The number of benzene rings is 2. The van der Waals surface area contributed by atoms with Crippen LogP contribution >= 0.6 is 79.6 Å². The van der Waals surface area contributed by atoms with E-state index in [9.17, 15) is 4.79 Å². The number of carbonyl (C=O) groups excluding carboxylic acids is 1. The van der Waals surface area contributed by atoms with Crippen molar-refractivity contribution in [1.82, 2.24) is 0 Å². The summed E-state index contributed by atoms with van der Waals surface area (Å²) in [4.78, 5) is 11.3. The molecule has 0 heterocycles. The van der Waals surface area contributed by atoms with E-state index >= 15 is 0 Å². The van der Waals surface area contributed by atoms with E-state index in [0.29, 0.717) is 42.4 Å². The van der Waals surface area contributed by atoms with E-state index in [1.807, 2.05) is 0 Å². The van der Waals surface area contributed by atoms with Crippen molar-refractivity contribution in [3.05, 3.63) is 40.1 Å². The zero-order valence-corrected chi connectivity index (χ0v) is 19.4. The maximum atomic E-state index is 11.3. The van der Waals surface area contributed by atoms with Gasteiger partial charge < -0.3 is 9.47 Å². The minimum absolute atomic E-state index is 0.261. The Morgan fingerprint density at radius 1 is 0.957 bits per heavy atom. The van der Waals surface area contributed by atoms with Gasteiger partial charge in [-0.2, -0.15) is 0 Å². The van der Waals surface area contributed by atoms with E-state index in [1.165, 1.54) is 7.11 Å². The number of hydrogen-bond acceptors (Lipinski definition) is 3. The summed E-state index contributed by atoms with van der Waals surface area (Å²) in [5.74, 6) is 1.17. The highest BCUT2D eigenvalue weighted by molar-refractivity contribution is 9.15. The number of halogens is 5. The largest absolute Gasteiger partial charge is 0.492 e. The lowest BCUT2D eigenvalue weighted by molar-refractivity contribution is 0.112. The first kappa shape index (κ1) is 19.5. The van der Waals surface area contributed by atoms with Gasteiger partial charge in [-0.3, -0.25) is 4.79 Å². The van der Waals surface area contributed by atoms with Gasteiger partial charge in [0.15, 0.2) is 17.8 Å². The van der Waals surface area contributed by atoms with Crippen LogP contribution in [0, 0.1) is 0 Å². The summed E-state index contributed by atoms with van der Waals surface area (Å²) in [5, 5.41) is 0. The molecule has 0 atom stereocenters. The second-order valence-corrected chi connectivity index (χ2v) is 8.33. The summed E-state index contributed by atoms with van der Waals surface area (Å²) in [5.41, 5.74) is 0.576. The topological polar surface area (TPSA) is 35.5 Å². The molecule has 0 amide bonds. The highest BCUT2D eigenvalue weighted by Crippen LogP contribution is 2.51. The van der Waals surface area contributed by atoms with Crippen molar-refractivity contribution < 1.29 is 14.3 Å². The standard InChI is InChI=1S/C14H6BBr5O3/c1-22-13-11(19)9(17)10(18)12(20)14(13)23-8-3-5(16)2-7(15)6(8)4-21/h2-4H,1H3. The summed E-state index contributed by atoms with van der Waals surface area (Å²) in [6, 6.07) is 3.30. The Hall–Kier alpha value is 0.175. The average Bonchev–Trinajstić information content (AvgIpc) is 2.50. The highest BCUT2D eigenvalue weighted by atomic mass is 79.9. The van der Waals surface area contributed by atoms with E-state index in [1.54, 1.807) is 12.1 Å². The molecule has 0 aliphatic heterocycles. The van der Waals surface area contributed by atoms with Crippen LogP contribution in [0.15, 0.2) is 34.5 Å². The molecule has 2 rings (SSSR count). The van der Waals surface area contributed by atoms with Gasteiger partial charge in [0.05, 0.1) is 30.6 Å². The first-order valence-corrected chi connectivity index (χ1v) is 9.90. The molecule has 0 spiro atoms. The Morgan fingerprint density at radius 2 is 1.52 bits per heavy atom. The van der Waals surface area contributed by atoms with Crippen molar-refractivity contribution in [3.63, 3.8) is 0 Å². The van der Waals surface area contributed by atoms with Gasteiger partial charge in [-0.25, -0.2) is 0 Å². The van der Waals surface area contributed by atoms with E-state index in [2.05, 4.69) is 79.6 Å². The fourth-order valence-electron chi connectivity index (χ4n) is 1.80. The van der Waals surface area contributed by atoms with E-state index < -0.39 is 0 Å². The lowest BCUT2D eigenvalue weighted by atomic mass is 9.91. The third-order valence-electron chi connectivity index (χ3n) is 2.86. The van der Waals surface area contributed by atoms with Crippen molar-refractivity contribution >= 4 is 99.2 Å². The second-order valence-electron chi connectivity index (χ2n) is 4.25. The Bertz CT molecular complexity index is 795. The first-order chi connectivity index (χ1) is 10.8. The molecule has 0 aliphatic carbocycles. The Morgan fingerprint density at radius 3 is 2.04 bits per heavy atom. The Labute approximate surface area is 176 Å². The number of hydrogen-bond donors (Lipinski definition) is 0. The first-order valence-electron chi connectivity index (χ1n) is 5.93. The van der Waals surface area contributed by atoms with Crippen LogP contribution in [-0.4, -0.2) is 21.2 Å². The number of rotatable bonds is 4. The van der Waals surface area contributed by atoms with Crippen LogP contribution in [0.5, 0.6) is 17.2 Å². The molecule has 2 aromatic carbocycles. The van der Waals surface area contributed by atoms with Crippen molar-refractivity contribution in [2.75, 3.05) is 7.11 Å². The van der Waals surface area contributed by atoms with Crippen molar-refractivity contribution in [3.8, 4) is 17.2 Å². The van der Waals surface area contributed by atoms with Crippen LogP contribution < -0.4 is 14.9 Å². The second kappa shape index (κ2) is 8.04. The third kappa shape index (κ3) is 3.89. The van der Waals surface area contributed by atoms with Gasteiger partial charge in [-0.05, 0) is 69.8 Å². The average molecular weight is 633 g/mol. The molecule has 0 saturated heterocycles. The lowest BCUT2D eigenvalue weighted by Crippen LogP contribution is -2.11. The van der Waals surface area contributed by atoms with Crippen LogP contribution in [0.2, 0.25) is 0 Å². The maximum absolute atomic E-state index is 11.3. The summed E-state index contributed by atoms with van der Waals surface area (Å²) < 4.78 is 14.8. The zero-order valence-electron chi connectivity index (χ0n) is 11.4. The van der Waals surface area contributed by atoms with Gasteiger partial charge in [0.1, 0.15) is 13.6 Å². The van der Waals surface area contributed by atoms with Gasteiger partial charge in [0.25, 0.3) is 0 Å². The quantitative estimate of drug-likeness (QED) is 0.182. The van der Waals surface area contributed by atoms with Crippen LogP contribution in [-0.2, 0) is 0 Å². The van der Waals surface area contributed by atoms with E-state index in [0.717, 1.165) is 8.95 Å². The normalized spacial score (nSPS) is 10.5. The minimum atomic E-state index is 0.261. The van der Waals surface area contributed by atoms with Gasteiger partial charge >= 0.3 is 0 Å². The Kier molecular flexibility index (Phi) is 6.81. The molecule has 0 N–H and O–H groups in total. The molecule has 2 radical (unpaired) electrons. The zero-order chi connectivity index (χ0) is 17.3. The molecular weight excluding hydrogens is 626 g/mol. The molecule has 9 heteroatoms. The third-order valence-corrected chi connectivity index (χ3v) is 8.01. The molecule has 0 aromatic heterocycles. The van der Waals surface area contributed by atoms with Crippen LogP contribution in [0.3, 0.4) is 0 Å². The summed E-state index contributed by atoms with van der Waals surface area (Å²) in [7, 11) is 7.39. The molecule has 0 fully saturated rings. The molecular formula is C14H6BBr5O3. The summed E-state index contributed by atoms with van der Waals surface area (Å²) in [6.45, 7) is 0. The number of ether oxygens (including phenoxy) is 2. The Balaban J connectivity index is 2.68. The van der Waals surface area contributed by atoms with Crippen molar-refractivity contribution in [1.29, 1.82) is 0 Å². The van der Waals surface area contributed by atoms with Crippen LogP contribution in [0.1, 0.15) is 10.4 Å². The van der Waals surface area contributed by atoms with Gasteiger partial charge in [-0.1, -0.05) is 27.5 Å². The molecule has 0 unspecified atom stereocenters. The van der Waals surface area contributed by atoms with Crippen molar-refractivity contribution in [2.45, 2.75) is 0 Å². The molecule has 0 saturated carbocycles. The molecule has 118 valence electrons.